The molecule has 0 radical (unpaired) electrons. The van der Waals surface area contributed by atoms with Gasteiger partial charge in [0, 0.05) is 25.6 Å². The zero-order valence-corrected chi connectivity index (χ0v) is 10.7. The lowest BCUT2D eigenvalue weighted by Gasteiger charge is -2.11. The highest BCUT2D eigenvalue weighted by Gasteiger charge is 2.07. The molecule has 0 unspecified atom stereocenters. The number of hydrogen-bond donors (Lipinski definition) is 2. The highest BCUT2D eigenvalue weighted by Crippen LogP contribution is 2.18. The van der Waals surface area contributed by atoms with Gasteiger partial charge in [-0.1, -0.05) is 5.16 Å². The Hall–Kier alpha value is -2.18. The summed E-state index contributed by atoms with van der Waals surface area (Å²) in [5.41, 5.74) is 0.996. The summed E-state index contributed by atoms with van der Waals surface area (Å²) in [6, 6.07) is 0. The number of aromatic nitrogens is 4. The standard InChI is InChI=1S/C11H16N6O/c1-7-10(12-3)15-8(2)16-11(7)13-5-4-9-14-6-18-17-9/h6H,4-5H2,1-3H3,(H2,12,13,15,16). The van der Waals surface area contributed by atoms with Crippen molar-refractivity contribution >= 4 is 11.6 Å². The fourth-order valence-electron chi connectivity index (χ4n) is 1.64. The molecule has 0 saturated carbocycles. The van der Waals surface area contributed by atoms with Gasteiger partial charge in [0.15, 0.2) is 5.82 Å². The molecule has 2 aromatic heterocycles. The predicted molar refractivity (Wildman–Crippen MR) is 67.5 cm³/mol. The van der Waals surface area contributed by atoms with Gasteiger partial charge in [-0.05, 0) is 13.8 Å². The van der Waals surface area contributed by atoms with Crippen molar-refractivity contribution in [2.45, 2.75) is 20.3 Å². The first kappa shape index (κ1) is 12.3. The van der Waals surface area contributed by atoms with Gasteiger partial charge in [0.2, 0.25) is 6.39 Å². The second-order valence-corrected chi connectivity index (χ2v) is 3.87. The molecule has 7 nitrogen and oxygen atoms in total. The predicted octanol–water partition coefficient (Wildman–Crippen LogP) is 1.17. The third-order valence-electron chi connectivity index (χ3n) is 2.54. The maximum Gasteiger partial charge on any atom is 0.213 e. The topological polar surface area (TPSA) is 88.8 Å². The summed E-state index contributed by atoms with van der Waals surface area (Å²) in [7, 11) is 1.85. The van der Waals surface area contributed by atoms with E-state index in [9.17, 15) is 0 Å². The first-order valence-corrected chi connectivity index (χ1v) is 5.73. The summed E-state index contributed by atoms with van der Waals surface area (Å²) in [4.78, 5) is 12.6. The molecule has 96 valence electrons. The van der Waals surface area contributed by atoms with Crippen molar-refractivity contribution < 1.29 is 4.52 Å². The molecule has 0 aliphatic rings. The zero-order chi connectivity index (χ0) is 13.0. The Balaban J connectivity index is 2.02. The zero-order valence-electron chi connectivity index (χ0n) is 10.7. The summed E-state index contributed by atoms with van der Waals surface area (Å²) < 4.78 is 4.67. The number of nitrogens with one attached hydrogen (secondary N) is 2. The molecular weight excluding hydrogens is 232 g/mol. The van der Waals surface area contributed by atoms with Gasteiger partial charge >= 0.3 is 0 Å². The van der Waals surface area contributed by atoms with E-state index in [-0.39, 0.29) is 0 Å². The van der Waals surface area contributed by atoms with Crippen molar-refractivity contribution in [3.05, 3.63) is 23.6 Å². The Morgan fingerprint density at radius 2 is 2.00 bits per heavy atom. The van der Waals surface area contributed by atoms with E-state index in [1.165, 1.54) is 6.39 Å². The Kier molecular flexibility index (Phi) is 3.71. The molecule has 7 heteroatoms. The number of nitrogens with zero attached hydrogens (tertiary/aromatic N) is 4. The van der Waals surface area contributed by atoms with Gasteiger partial charge in [-0.2, -0.15) is 4.98 Å². The molecule has 2 heterocycles. The third kappa shape index (κ3) is 2.73. The van der Waals surface area contributed by atoms with E-state index >= 15 is 0 Å². The molecule has 0 aliphatic carbocycles. The van der Waals surface area contributed by atoms with Crippen molar-refractivity contribution in [1.82, 2.24) is 20.1 Å². The molecule has 0 aliphatic heterocycles. The van der Waals surface area contributed by atoms with Crippen LogP contribution in [-0.4, -0.2) is 33.7 Å². The lowest BCUT2D eigenvalue weighted by molar-refractivity contribution is 0.410. The fourth-order valence-corrected chi connectivity index (χ4v) is 1.64. The van der Waals surface area contributed by atoms with Crippen LogP contribution in [0.1, 0.15) is 17.2 Å². The highest BCUT2D eigenvalue weighted by molar-refractivity contribution is 5.56. The maximum absolute atomic E-state index is 4.67. The van der Waals surface area contributed by atoms with E-state index in [0.717, 1.165) is 23.0 Å². The molecule has 2 N–H and O–H groups in total. The average Bonchev–Trinajstić information content (AvgIpc) is 2.86. The summed E-state index contributed by atoms with van der Waals surface area (Å²) in [5.74, 6) is 3.08. The molecule has 0 aromatic carbocycles. The number of hydrogen-bond acceptors (Lipinski definition) is 7. The molecule has 2 rings (SSSR count). The maximum atomic E-state index is 4.67. The largest absolute Gasteiger partial charge is 0.373 e. The monoisotopic (exact) mass is 248 g/mol. The van der Waals surface area contributed by atoms with Gasteiger partial charge < -0.3 is 15.2 Å². The van der Waals surface area contributed by atoms with Gasteiger partial charge in [0.05, 0.1) is 0 Å². The van der Waals surface area contributed by atoms with Crippen LogP contribution in [0.5, 0.6) is 0 Å². The van der Waals surface area contributed by atoms with Gasteiger partial charge in [-0.15, -0.1) is 0 Å². The highest BCUT2D eigenvalue weighted by atomic mass is 16.5. The minimum absolute atomic E-state index is 0.680. The van der Waals surface area contributed by atoms with Crippen LogP contribution in [0.4, 0.5) is 11.6 Å². The lowest BCUT2D eigenvalue weighted by atomic mass is 10.3. The normalized spacial score (nSPS) is 10.4. The summed E-state index contributed by atoms with van der Waals surface area (Å²) >= 11 is 0. The van der Waals surface area contributed by atoms with E-state index in [2.05, 4.69) is 35.3 Å². The van der Waals surface area contributed by atoms with Gasteiger partial charge in [-0.25, -0.2) is 9.97 Å². The summed E-state index contributed by atoms with van der Waals surface area (Å²) in [6.45, 7) is 4.53. The molecule has 0 spiro atoms. The average molecular weight is 248 g/mol. The van der Waals surface area contributed by atoms with Crippen molar-refractivity contribution in [1.29, 1.82) is 0 Å². The van der Waals surface area contributed by atoms with E-state index in [0.29, 0.717) is 18.8 Å². The molecule has 0 atom stereocenters. The van der Waals surface area contributed by atoms with E-state index in [1.54, 1.807) is 0 Å². The SMILES string of the molecule is CNc1nc(C)nc(NCCc2ncon2)c1C. The van der Waals surface area contributed by atoms with E-state index in [1.807, 2.05) is 20.9 Å². The lowest BCUT2D eigenvalue weighted by Crippen LogP contribution is -2.11. The van der Waals surface area contributed by atoms with Crippen LogP contribution < -0.4 is 10.6 Å². The fraction of sp³-hybridized carbons (Fsp3) is 0.455. The first-order valence-electron chi connectivity index (χ1n) is 5.73. The van der Waals surface area contributed by atoms with Crippen molar-refractivity contribution in [3.8, 4) is 0 Å². The Morgan fingerprint density at radius 1 is 1.22 bits per heavy atom. The molecule has 2 aromatic rings. The van der Waals surface area contributed by atoms with Crippen LogP contribution in [-0.2, 0) is 6.42 Å². The second kappa shape index (κ2) is 5.44. The van der Waals surface area contributed by atoms with E-state index < -0.39 is 0 Å². The number of aryl methyl sites for hydroxylation is 1. The van der Waals surface area contributed by atoms with Crippen LogP contribution >= 0.6 is 0 Å². The molecule has 0 bridgehead atoms. The van der Waals surface area contributed by atoms with Crippen molar-refractivity contribution in [3.63, 3.8) is 0 Å². The van der Waals surface area contributed by atoms with Crippen LogP contribution in [0.25, 0.3) is 0 Å². The smallest absolute Gasteiger partial charge is 0.213 e. The summed E-state index contributed by atoms with van der Waals surface area (Å²) in [6.07, 6.45) is 2.02. The van der Waals surface area contributed by atoms with Gasteiger partial charge in [0.25, 0.3) is 0 Å². The molecule has 0 saturated heterocycles. The Morgan fingerprint density at radius 3 is 2.67 bits per heavy atom. The van der Waals surface area contributed by atoms with Crippen LogP contribution in [0, 0.1) is 13.8 Å². The molecule has 18 heavy (non-hydrogen) atoms. The number of rotatable bonds is 5. The molecular formula is C11H16N6O. The second-order valence-electron chi connectivity index (χ2n) is 3.87. The summed E-state index contributed by atoms with van der Waals surface area (Å²) in [5, 5.41) is 10.1. The Labute approximate surface area is 105 Å². The van der Waals surface area contributed by atoms with Crippen molar-refractivity contribution in [2.75, 3.05) is 24.2 Å². The van der Waals surface area contributed by atoms with Crippen molar-refractivity contribution in [2.24, 2.45) is 0 Å². The minimum Gasteiger partial charge on any atom is -0.373 e. The van der Waals surface area contributed by atoms with Crippen LogP contribution in [0.3, 0.4) is 0 Å². The minimum atomic E-state index is 0.680. The molecule has 0 fully saturated rings. The number of anilines is 2. The van der Waals surface area contributed by atoms with Crippen LogP contribution in [0.2, 0.25) is 0 Å². The van der Waals surface area contributed by atoms with E-state index in [4.69, 9.17) is 0 Å². The third-order valence-corrected chi connectivity index (χ3v) is 2.54. The first-order chi connectivity index (χ1) is 8.70. The van der Waals surface area contributed by atoms with Gasteiger partial charge in [0.1, 0.15) is 17.5 Å². The van der Waals surface area contributed by atoms with Crippen LogP contribution in [0.15, 0.2) is 10.9 Å². The molecule has 0 amide bonds. The quantitative estimate of drug-likeness (QED) is 0.821. The Bertz CT molecular complexity index is 511. The van der Waals surface area contributed by atoms with Gasteiger partial charge in [-0.3, -0.25) is 0 Å².